The number of carbonyl (C=O) groups excluding carboxylic acids is 1. The number of anilines is 3. The molecule has 5 rings (SSSR count). The van der Waals surface area contributed by atoms with Crippen LogP contribution in [-0.4, -0.2) is 61.2 Å². The van der Waals surface area contributed by atoms with Crippen LogP contribution in [0.5, 0.6) is 0 Å². The van der Waals surface area contributed by atoms with E-state index < -0.39 is 10.0 Å². The first-order chi connectivity index (χ1) is 20.2. The van der Waals surface area contributed by atoms with Crippen molar-refractivity contribution in [2.24, 2.45) is 13.0 Å². The molecule has 1 saturated heterocycles. The molecule has 1 aromatic carbocycles. The number of hydrogen-bond donors (Lipinski definition) is 2. The standard InChI is InChI=1S/C28H32N10O3S/c1-20(39)32-23-3-5-24(6-4-23)33-28-30-13-8-26(34-28)22-18-31-38(19-22)25(7-12-29)17-21-9-15-37(16-10-21)42(40,41)27-11-14-36(2)35-27/h3-6,8,11,13-14,18-19,21,25H,7,9-10,15-17H2,1-2H3,(H,32,39)(H,30,33,34). The third-order valence-electron chi connectivity index (χ3n) is 7.19. The summed E-state index contributed by atoms with van der Waals surface area (Å²) in [7, 11) is -1.92. The summed E-state index contributed by atoms with van der Waals surface area (Å²) in [5.74, 6) is 0.535. The van der Waals surface area contributed by atoms with Crippen LogP contribution < -0.4 is 10.6 Å². The van der Waals surface area contributed by atoms with Gasteiger partial charge in [0.15, 0.2) is 5.03 Å². The van der Waals surface area contributed by atoms with Gasteiger partial charge in [0.05, 0.1) is 30.4 Å². The van der Waals surface area contributed by atoms with Crippen LogP contribution in [-0.2, 0) is 21.9 Å². The zero-order chi connectivity index (χ0) is 29.7. The maximum absolute atomic E-state index is 12.9. The average Bonchev–Trinajstić information content (AvgIpc) is 3.64. The van der Waals surface area contributed by atoms with Gasteiger partial charge in [0.1, 0.15) is 0 Å². The number of carbonyl (C=O) groups is 1. The summed E-state index contributed by atoms with van der Waals surface area (Å²) in [6, 6.07) is 12.7. The van der Waals surface area contributed by atoms with E-state index in [0.717, 1.165) is 17.7 Å². The molecule has 0 saturated carbocycles. The number of aromatic nitrogens is 6. The molecule has 1 amide bonds. The molecule has 0 radical (unpaired) electrons. The van der Waals surface area contributed by atoms with Crippen LogP contribution in [0.25, 0.3) is 11.3 Å². The largest absolute Gasteiger partial charge is 0.326 e. The first-order valence-corrected chi connectivity index (χ1v) is 15.0. The first-order valence-electron chi connectivity index (χ1n) is 13.6. The molecule has 14 heteroatoms. The Bertz CT molecular complexity index is 1680. The van der Waals surface area contributed by atoms with E-state index in [4.69, 9.17) is 0 Å². The van der Waals surface area contributed by atoms with E-state index in [1.165, 1.54) is 22.0 Å². The lowest BCUT2D eigenvalue weighted by molar-refractivity contribution is -0.114. The van der Waals surface area contributed by atoms with Crippen LogP contribution in [0.2, 0.25) is 0 Å². The minimum absolute atomic E-state index is 0.0674. The SMILES string of the molecule is CC(=O)Nc1ccc(Nc2nccc(-c3cnn(C(CC#N)CC4CCN(S(=O)(=O)c5ccn(C)n5)CC4)c3)n2)cc1. The predicted molar refractivity (Wildman–Crippen MR) is 156 cm³/mol. The highest BCUT2D eigenvalue weighted by Gasteiger charge is 2.32. The third-order valence-corrected chi connectivity index (χ3v) is 8.98. The molecule has 42 heavy (non-hydrogen) atoms. The average molecular weight is 589 g/mol. The quantitative estimate of drug-likeness (QED) is 0.281. The Labute approximate surface area is 244 Å². The van der Waals surface area contributed by atoms with Crippen molar-refractivity contribution in [2.45, 2.75) is 43.7 Å². The number of aryl methyl sites for hydroxylation is 1. The van der Waals surface area contributed by atoms with Crippen LogP contribution in [0, 0.1) is 17.2 Å². The van der Waals surface area contributed by atoms with Gasteiger partial charge < -0.3 is 10.6 Å². The van der Waals surface area contributed by atoms with Crippen molar-refractivity contribution in [1.82, 2.24) is 33.8 Å². The summed E-state index contributed by atoms with van der Waals surface area (Å²) in [6.07, 6.45) is 9.31. The van der Waals surface area contributed by atoms with Gasteiger partial charge in [-0.25, -0.2) is 18.4 Å². The van der Waals surface area contributed by atoms with Crippen molar-refractivity contribution >= 4 is 33.3 Å². The van der Waals surface area contributed by atoms with Crippen LogP contribution in [0.15, 0.2) is 66.2 Å². The van der Waals surface area contributed by atoms with Gasteiger partial charge in [0.25, 0.3) is 10.0 Å². The van der Waals surface area contributed by atoms with Gasteiger partial charge in [-0.3, -0.25) is 14.2 Å². The lowest BCUT2D eigenvalue weighted by atomic mass is 9.90. The Morgan fingerprint density at radius 3 is 2.55 bits per heavy atom. The van der Waals surface area contributed by atoms with Gasteiger partial charge in [0, 0.05) is 62.6 Å². The van der Waals surface area contributed by atoms with E-state index in [0.29, 0.717) is 49.7 Å². The Morgan fingerprint density at radius 1 is 1.14 bits per heavy atom. The Kier molecular flexibility index (Phi) is 8.60. The minimum atomic E-state index is -3.61. The summed E-state index contributed by atoms with van der Waals surface area (Å²) >= 11 is 0. The first kappa shape index (κ1) is 28.9. The highest BCUT2D eigenvalue weighted by molar-refractivity contribution is 7.89. The molecule has 1 unspecified atom stereocenters. The van der Waals surface area contributed by atoms with Crippen molar-refractivity contribution in [3.05, 3.63) is 61.2 Å². The molecular formula is C28H32N10O3S. The maximum atomic E-state index is 12.9. The number of benzene rings is 1. The van der Waals surface area contributed by atoms with E-state index >= 15 is 0 Å². The zero-order valence-electron chi connectivity index (χ0n) is 23.4. The molecule has 13 nitrogen and oxygen atoms in total. The van der Waals surface area contributed by atoms with E-state index in [1.807, 2.05) is 23.0 Å². The molecule has 1 fully saturated rings. The summed E-state index contributed by atoms with van der Waals surface area (Å²) in [4.78, 5) is 20.2. The van der Waals surface area contributed by atoms with E-state index in [2.05, 4.69) is 36.9 Å². The van der Waals surface area contributed by atoms with Gasteiger partial charge in [-0.15, -0.1) is 0 Å². The number of sulfonamides is 1. The van der Waals surface area contributed by atoms with Crippen molar-refractivity contribution in [2.75, 3.05) is 23.7 Å². The van der Waals surface area contributed by atoms with E-state index in [-0.39, 0.29) is 22.9 Å². The van der Waals surface area contributed by atoms with Gasteiger partial charge in [0.2, 0.25) is 11.9 Å². The van der Waals surface area contributed by atoms with Crippen LogP contribution >= 0.6 is 0 Å². The monoisotopic (exact) mass is 588 g/mol. The fraction of sp³-hybridized carbons (Fsp3) is 0.357. The Balaban J connectivity index is 1.22. The molecule has 2 N–H and O–H groups in total. The number of nitrogens with zero attached hydrogens (tertiary/aromatic N) is 8. The predicted octanol–water partition coefficient (Wildman–Crippen LogP) is 3.72. The topological polar surface area (TPSA) is 164 Å². The molecule has 0 aliphatic carbocycles. The number of nitriles is 1. The lowest BCUT2D eigenvalue weighted by Crippen LogP contribution is -2.39. The molecule has 4 aromatic rings. The highest BCUT2D eigenvalue weighted by atomic mass is 32.2. The number of hydrogen-bond acceptors (Lipinski definition) is 9. The van der Waals surface area contributed by atoms with Crippen molar-refractivity contribution < 1.29 is 13.2 Å². The lowest BCUT2D eigenvalue weighted by Gasteiger charge is -2.32. The van der Waals surface area contributed by atoms with Crippen LogP contribution in [0.4, 0.5) is 17.3 Å². The molecule has 1 aliphatic rings. The highest BCUT2D eigenvalue weighted by Crippen LogP contribution is 2.31. The zero-order valence-corrected chi connectivity index (χ0v) is 24.2. The molecular weight excluding hydrogens is 556 g/mol. The Hall–Kier alpha value is -4.61. The molecule has 218 valence electrons. The summed E-state index contributed by atoms with van der Waals surface area (Å²) in [5.41, 5.74) is 2.94. The summed E-state index contributed by atoms with van der Waals surface area (Å²) in [6.45, 7) is 2.29. The van der Waals surface area contributed by atoms with Gasteiger partial charge in [-0.2, -0.15) is 19.8 Å². The molecule has 3 aromatic heterocycles. The third kappa shape index (κ3) is 6.81. The Morgan fingerprint density at radius 2 is 1.88 bits per heavy atom. The number of rotatable bonds is 10. The summed E-state index contributed by atoms with van der Waals surface area (Å²) in [5, 5.41) is 24.1. The smallest absolute Gasteiger partial charge is 0.262 e. The maximum Gasteiger partial charge on any atom is 0.262 e. The van der Waals surface area contributed by atoms with Gasteiger partial charge in [-0.1, -0.05) is 0 Å². The fourth-order valence-corrected chi connectivity index (χ4v) is 6.46. The van der Waals surface area contributed by atoms with Crippen LogP contribution in [0.3, 0.4) is 0 Å². The molecule has 0 spiro atoms. The van der Waals surface area contributed by atoms with Crippen LogP contribution in [0.1, 0.15) is 38.6 Å². The molecule has 1 atom stereocenters. The van der Waals surface area contributed by atoms with Crippen molar-refractivity contribution in [1.29, 1.82) is 5.26 Å². The minimum Gasteiger partial charge on any atom is -0.326 e. The second-order valence-electron chi connectivity index (χ2n) is 10.3. The van der Waals surface area contributed by atoms with E-state index in [1.54, 1.807) is 43.8 Å². The van der Waals surface area contributed by atoms with E-state index in [9.17, 15) is 18.5 Å². The van der Waals surface area contributed by atoms with Crippen molar-refractivity contribution in [3.8, 4) is 17.3 Å². The second kappa shape index (κ2) is 12.5. The normalized spacial score (nSPS) is 15.2. The fourth-order valence-electron chi connectivity index (χ4n) is 5.04. The van der Waals surface area contributed by atoms with Crippen molar-refractivity contribution in [3.63, 3.8) is 0 Å². The molecule has 0 bridgehead atoms. The van der Waals surface area contributed by atoms with Gasteiger partial charge >= 0.3 is 0 Å². The molecule has 4 heterocycles. The second-order valence-corrected chi connectivity index (χ2v) is 12.2. The number of piperidine rings is 1. The number of nitrogens with one attached hydrogen (secondary N) is 2. The van der Waals surface area contributed by atoms with Gasteiger partial charge in [-0.05, 0) is 61.6 Å². The summed E-state index contributed by atoms with van der Waals surface area (Å²) < 4.78 is 30.7. The molecule has 1 aliphatic heterocycles. The number of amides is 1.